The topological polar surface area (TPSA) is 75.1 Å². The molecular formula is C26H35FN6O. The number of rotatable bonds is 8. The Morgan fingerprint density at radius 3 is 2.62 bits per heavy atom. The molecule has 0 aliphatic carbocycles. The summed E-state index contributed by atoms with van der Waals surface area (Å²) in [4.78, 5) is 20.0. The molecule has 1 aromatic carbocycles. The quantitative estimate of drug-likeness (QED) is 0.502. The standard InChI is InChI=1S/C26H35FN6O/c1-16(2)23-14-21(22-15-28-33(17(3)4)25(22)29-23)26(34)32(5)12-6-7-20-13-24(31-30-20)18-8-10-19(27)11-9-18/h8-11,14-17,20,24,30-31H,6-7,12-13H2,1-5H3. The highest BCUT2D eigenvalue weighted by molar-refractivity contribution is 6.05. The van der Waals surface area contributed by atoms with Crippen LogP contribution in [0.4, 0.5) is 4.39 Å². The summed E-state index contributed by atoms with van der Waals surface area (Å²) in [5, 5.41) is 5.30. The zero-order chi connectivity index (χ0) is 24.4. The van der Waals surface area contributed by atoms with Gasteiger partial charge in [0.15, 0.2) is 5.65 Å². The number of aromatic nitrogens is 3. The Balaban J connectivity index is 1.39. The Labute approximate surface area is 200 Å². The van der Waals surface area contributed by atoms with Gasteiger partial charge in [0, 0.05) is 37.4 Å². The van der Waals surface area contributed by atoms with Crippen LogP contribution in [-0.2, 0) is 0 Å². The molecule has 0 radical (unpaired) electrons. The molecule has 0 bridgehead atoms. The summed E-state index contributed by atoms with van der Waals surface area (Å²) in [7, 11) is 1.86. The van der Waals surface area contributed by atoms with E-state index in [-0.39, 0.29) is 29.7 Å². The summed E-state index contributed by atoms with van der Waals surface area (Å²) in [5.41, 5.74) is 10.1. The minimum atomic E-state index is -0.220. The lowest BCUT2D eigenvalue weighted by molar-refractivity contribution is 0.0793. The van der Waals surface area contributed by atoms with E-state index in [0.717, 1.165) is 41.6 Å². The summed E-state index contributed by atoms with van der Waals surface area (Å²) < 4.78 is 15.1. The highest BCUT2D eigenvalue weighted by Crippen LogP contribution is 2.26. The normalized spacial score (nSPS) is 18.4. The van der Waals surface area contributed by atoms with E-state index in [1.807, 2.05) is 29.9 Å². The molecule has 7 nitrogen and oxygen atoms in total. The predicted octanol–water partition coefficient (Wildman–Crippen LogP) is 4.73. The second kappa shape index (κ2) is 10.2. The second-order valence-electron chi connectivity index (χ2n) is 9.86. The average molecular weight is 467 g/mol. The van der Waals surface area contributed by atoms with E-state index in [2.05, 4.69) is 43.6 Å². The molecule has 8 heteroatoms. The third-order valence-corrected chi connectivity index (χ3v) is 6.54. The fourth-order valence-corrected chi connectivity index (χ4v) is 4.50. The van der Waals surface area contributed by atoms with E-state index in [9.17, 15) is 9.18 Å². The van der Waals surface area contributed by atoms with E-state index in [4.69, 9.17) is 4.98 Å². The lowest BCUT2D eigenvalue weighted by atomic mass is 9.99. The molecule has 0 saturated carbocycles. The summed E-state index contributed by atoms with van der Waals surface area (Å²) in [6.45, 7) is 8.97. The first-order valence-corrected chi connectivity index (χ1v) is 12.1. The number of benzene rings is 1. The van der Waals surface area contributed by atoms with Gasteiger partial charge in [-0.25, -0.2) is 14.1 Å². The van der Waals surface area contributed by atoms with E-state index in [1.165, 1.54) is 12.1 Å². The number of hydrogen-bond acceptors (Lipinski definition) is 5. The molecule has 34 heavy (non-hydrogen) atoms. The van der Waals surface area contributed by atoms with Crippen molar-refractivity contribution in [2.24, 2.45) is 0 Å². The Hall–Kier alpha value is -2.84. The maximum atomic E-state index is 13.4. The van der Waals surface area contributed by atoms with Crippen LogP contribution in [0.5, 0.6) is 0 Å². The lowest BCUT2D eigenvalue weighted by Gasteiger charge is -2.20. The van der Waals surface area contributed by atoms with Crippen molar-refractivity contribution in [3.63, 3.8) is 0 Å². The van der Waals surface area contributed by atoms with Crippen LogP contribution in [0.2, 0.25) is 0 Å². The molecule has 3 heterocycles. The van der Waals surface area contributed by atoms with Crippen LogP contribution in [0.15, 0.2) is 36.5 Å². The number of halogens is 1. The first-order chi connectivity index (χ1) is 16.2. The van der Waals surface area contributed by atoms with Gasteiger partial charge in [-0.2, -0.15) is 5.10 Å². The molecule has 4 rings (SSSR count). The number of amides is 1. The van der Waals surface area contributed by atoms with Crippen LogP contribution in [-0.4, -0.2) is 45.2 Å². The minimum absolute atomic E-state index is 0.000647. The molecule has 0 spiro atoms. The van der Waals surface area contributed by atoms with Crippen molar-refractivity contribution < 1.29 is 9.18 Å². The monoisotopic (exact) mass is 466 g/mol. The first-order valence-electron chi connectivity index (χ1n) is 12.1. The summed E-state index contributed by atoms with van der Waals surface area (Å²) in [5.74, 6) is -0.00596. The molecule has 1 saturated heterocycles. The van der Waals surface area contributed by atoms with Gasteiger partial charge in [0.25, 0.3) is 5.91 Å². The molecule has 1 aliphatic heterocycles. The summed E-state index contributed by atoms with van der Waals surface area (Å²) in [6, 6.07) is 9.21. The Kier molecular flexibility index (Phi) is 7.28. The predicted molar refractivity (Wildman–Crippen MR) is 132 cm³/mol. The molecule has 1 fully saturated rings. The van der Waals surface area contributed by atoms with Gasteiger partial charge in [-0.05, 0) is 62.8 Å². The molecule has 2 atom stereocenters. The molecule has 2 unspecified atom stereocenters. The molecule has 182 valence electrons. The summed E-state index contributed by atoms with van der Waals surface area (Å²) >= 11 is 0. The SMILES string of the molecule is CC(C)c1cc(C(=O)N(C)CCCC2CC(c3ccc(F)cc3)NN2)c2cnn(C(C)C)c2n1. The van der Waals surface area contributed by atoms with Gasteiger partial charge >= 0.3 is 0 Å². The largest absolute Gasteiger partial charge is 0.342 e. The van der Waals surface area contributed by atoms with Crippen molar-refractivity contribution in [1.82, 2.24) is 30.5 Å². The van der Waals surface area contributed by atoms with Crippen LogP contribution in [0.25, 0.3) is 11.0 Å². The van der Waals surface area contributed by atoms with Crippen LogP contribution >= 0.6 is 0 Å². The Bertz CT molecular complexity index is 1140. The van der Waals surface area contributed by atoms with E-state index >= 15 is 0 Å². The van der Waals surface area contributed by atoms with Crippen LogP contribution in [0, 0.1) is 5.82 Å². The van der Waals surface area contributed by atoms with Gasteiger partial charge in [-0.3, -0.25) is 15.6 Å². The van der Waals surface area contributed by atoms with Gasteiger partial charge < -0.3 is 4.90 Å². The number of hydrazine groups is 1. The average Bonchev–Trinajstić information content (AvgIpc) is 3.45. The van der Waals surface area contributed by atoms with Gasteiger partial charge in [-0.1, -0.05) is 26.0 Å². The second-order valence-corrected chi connectivity index (χ2v) is 9.86. The van der Waals surface area contributed by atoms with Gasteiger partial charge in [0.1, 0.15) is 5.82 Å². The number of nitrogens with one attached hydrogen (secondary N) is 2. The molecule has 3 aromatic rings. The maximum Gasteiger partial charge on any atom is 0.254 e. The van der Waals surface area contributed by atoms with Crippen LogP contribution in [0.3, 0.4) is 0 Å². The number of carbonyl (C=O) groups is 1. The van der Waals surface area contributed by atoms with Crippen molar-refractivity contribution in [2.45, 2.75) is 71.0 Å². The highest BCUT2D eigenvalue weighted by atomic mass is 19.1. The molecule has 2 aromatic heterocycles. The number of nitrogens with zero attached hydrogens (tertiary/aromatic N) is 4. The maximum absolute atomic E-state index is 13.4. The van der Waals surface area contributed by atoms with Gasteiger partial charge in [0.2, 0.25) is 0 Å². The van der Waals surface area contributed by atoms with E-state index in [0.29, 0.717) is 18.2 Å². The highest BCUT2D eigenvalue weighted by Gasteiger charge is 2.25. The fourth-order valence-electron chi connectivity index (χ4n) is 4.50. The summed E-state index contributed by atoms with van der Waals surface area (Å²) in [6.07, 6.45) is 4.52. The third-order valence-electron chi connectivity index (χ3n) is 6.54. The van der Waals surface area contributed by atoms with Crippen LogP contribution < -0.4 is 10.9 Å². The number of pyridine rings is 1. The van der Waals surface area contributed by atoms with E-state index < -0.39 is 0 Å². The lowest BCUT2D eigenvalue weighted by Crippen LogP contribution is -2.32. The molecule has 1 aliphatic rings. The number of hydrogen-bond donors (Lipinski definition) is 2. The Morgan fingerprint density at radius 1 is 1.21 bits per heavy atom. The van der Waals surface area contributed by atoms with Crippen molar-refractivity contribution >= 4 is 16.9 Å². The van der Waals surface area contributed by atoms with Gasteiger partial charge in [0.05, 0.1) is 17.1 Å². The number of fused-ring (bicyclic) bond motifs is 1. The minimum Gasteiger partial charge on any atom is -0.342 e. The fraction of sp³-hybridized carbons (Fsp3) is 0.500. The zero-order valence-electron chi connectivity index (χ0n) is 20.7. The van der Waals surface area contributed by atoms with Crippen molar-refractivity contribution in [1.29, 1.82) is 0 Å². The zero-order valence-corrected chi connectivity index (χ0v) is 20.7. The van der Waals surface area contributed by atoms with Crippen LogP contribution in [0.1, 0.15) is 86.6 Å². The van der Waals surface area contributed by atoms with E-state index in [1.54, 1.807) is 11.1 Å². The molecular weight excluding hydrogens is 431 g/mol. The molecule has 1 amide bonds. The van der Waals surface area contributed by atoms with Gasteiger partial charge in [-0.15, -0.1) is 0 Å². The number of carbonyl (C=O) groups excluding carboxylic acids is 1. The molecule has 2 N–H and O–H groups in total. The smallest absolute Gasteiger partial charge is 0.254 e. The van der Waals surface area contributed by atoms with Crippen molar-refractivity contribution in [3.8, 4) is 0 Å². The third kappa shape index (κ3) is 5.13. The Morgan fingerprint density at radius 2 is 1.94 bits per heavy atom. The first kappa shape index (κ1) is 24.3. The van der Waals surface area contributed by atoms with Crippen molar-refractivity contribution in [3.05, 3.63) is 59.2 Å². The van der Waals surface area contributed by atoms with Crippen molar-refractivity contribution in [2.75, 3.05) is 13.6 Å².